The molecule has 0 radical (unpaired) electrons. The van der Waals surface area contributed by atoms with Gasteiger partial charge in [0.25, 0.3) is 0 Å². The summed E-state index contributed by atoms with van der Waals surface area (Å²) in [5, 5.41) is 17.3. The summed E-state index contributed by atoms with van der Waals surface area (Å²) < 4.78 is 1.73. The number of benzene rings is 1. The average molecular weight is 328 g/mol. The van der Waals surface area contributed by atoms with Gasteiger partial charge >= 0.3 is 0 Å². The van der Waals surface area contributed by atoms with E-state index in [0.717, 1.165) is 25.1 Å². The fraction of sp³-hybridized carbons (Fsp3) is 0.444. The van der Waals surface area contributed by atoms with Crippen LogP contribution in [0, 0.1) is 5.92 Å². The van der Waals surface area contributed by atoms with Crippen LogP contribution < -0.4 is 5.32 Å². The second-order valence-electron chi connectivity index (χ2n) is 6.34. The van der Waals surface area contributed by atoms with E-state index in [1.54, 1.807) is 10.9 Å². The highest BCUT2D eigenvalue weighted by molar-refractivity contribution is 5.92. The lowest BCUT2D eigenvalue weighted by Crippen LogP contribution is -2.44. The molecule has 1 amide bonds. The number of piperidine rings is 1. The highest BCUT2D eigenvalue weighted by atomic mass is 16.3. The maximum atomic E-state index is 12.4. The molecule has 0 saturated carbocycles. The molecule has 0 bridgehead atoms. The van der Waals surface area contributed by atoms with Crippen molar-refractivity contribution in [3.8, 4) is 0 Å². The monoisotopic (exact) mass is 328 g/mol. The highest BCUT2D eigenvalue weighted by Gasteiger charge is 2.27. The molecule has 2 aromatic rings. The number of carbonyl (C=O) groups excluding carboxylic acids is 1. The number of aliphatic hydroxyl groups excluding tert-OH is 1. The molecular formula is C18H24N4O2. The molecule has 0 aliphatic carbocycles. The van der Waals surface area contributed by atoms with Crippen LogP contribution >= 0.6 is 0 Å². The van der Waals surface area contributed by atoms with Gasteiger partial charge < -0.3 is 10.4 Å². The van der Waals surface area contributed by atoms with Gasteiger partial charge in [-0.1, -0.05) is 18.2 Å². The molecule has 2 N–H and O–H groups in total. The van der Waals surface area contributed by atoms with Gasteiger partial charge in [0, 0.05) is 31.2 Å². The highest BCUT2D eigenvalue weighted by Crippen LogP contribution is 2.19. The molecule has 2 heterocycles. The van der Waals surface area contributed by atoms with Crippen molar-refractivity contribution in [2.75, 3.05) is 25.0 Å². The average Bonchev–Trinajstić information content (AvgIpc) is 3.09. The lowest BCUT2D eigenvalue weighted by atomic mass is 9.96. The first-order valence-electron chi connectivity index (χ1n) is 8.44. The summed E-state index contributed by atoms with van der Waals surface area (Å²) >= 11 is 0. The van der Waals surface area contributed by atoms with Crippen LogP contribution in [0.15, 0.2) is 48.8 Å². The normalized spacial score (nSPS) is 19.8. The number of likely N-dealkylation sites (tertiary alicyclic amines) is 1. The van der Waals surface area contributed by atoms with E-state index in [0.29, 0.717) is 19.6 Å². The molecule has 0 spiro atoms. The van der Waals surface area contributed by atoms with E-state index in [4.69, 9.17) is 0 Å². The predicted octanol–water partition coefficient (Wildman–Crippen LogP) is 1.59. The minimum Gasteiger partial charge on any atom is -0.390 e. The fourth-order valence-corrected chi connectivity index (χ4v) is 3.18. The molecule has 1 saturated heterocycles. The molecule has 128 valence electrons. The Bertz CT molecular complexity index is 630. The zero-order valence-electron chi connectivity index (χ0n) is 13.7. The summed E-state index contributed by atoms with van der Waals surface area (Å²) in [6.07, 6.45) is 4.93. The molecule has 1 aromatic heterocycles. The Balaban J connectivity index is 1.49. The lowest BCUT2D eigenvalue weighted by Gasteiger charge is -2.33. The first-order valence-corrected chi connectivity index (χ1v) is 8.44. The Kier molecular flexibility index (Phi) is 5.61. The molecule has 1 aliphatic heterocycles. The van der Waals surface area contributed by atoms with Gasteiger partial charge in [0.1, 0.15) is 0 Å². The molecule has 1 aliphatic rings. The number of aromatic nitrogens is 2. The van der Waals surface area contributed by atoms with Gasteiger partial charge in [-0.3, -0.25) is 14.4 Å². The van der Waals surface area contributed by atoms with E-state index >= 15 is 0 Å². The Labute approximate surface area is 142 Å². The van der Waals surface area contributed by atoms with Gasteiger partial charge in [-0.25, -0.2) is 0 Å². The largest absolute Gasteiger partial charge is 0.390 e. The van der Waals surface area contributed by atoms with E-state index in [9.17, 15) is 9.90 Å². The molecule has 3 rings (SSSR count). The van der Waals surface area contributed by atoms with E-state index in [1.807, 2.05) is 42.6 Å². The Morgan fingerprint density at radius 1 is 1.29 bits per heavy atom. The number of aliphatic hydroxyl groups is 1. The number of anilines is 1. The van der Waals surface area contributed by atoms with Crippen LogP contribution in [0.25, 0.3) is 0 Å². The number of nitrogens with zero attached hydrogens (tertiary/aromatic N) is 3. The summed E-state index contributed by atoms with van der Waals surface area (Å²) in [5.41, 5.74) is 0.832. The summed E-state index contributed by atoms with van der Waals surface area (Å²) in [5.74, 6) is 0.0309. The number of para-hydroxylation sites is 1. The zero-order chi connectivity index (χ0) is 16.8. The predicted molar refractivity (Wildman–Crippen MR) is 92.5 cm³/mol. The number of hydrogen-bond donors (Lipinski definition) is 2. The SMILES string of the molecule is O=C(Nc1ccccc1)[C@H]1CCCN(C[C@H](O)Cn2cccn2)C1. The van der Waals surface area contributed by atoms with Crippen molar-refractivity contribution in [1.82, 2.24) is 14.7 Å². The van der Waals surface area contributed by atoms with E-state index < -0.39 is 6.10 Å². The van der Waals surface area contributed by atoms with Gasteiger partial charge in [0.2, 0.25) is 5.91 Å². The lowest BCUT2D eigenvalue weighted by molar-refractivity contribution is -0.121. The molecule has 1 fully saturated rings. The topological polar surface area (TPSA) is 70.4 Å². The van der Waals surface area contributed by atoms with Gasteiger partial charge in [-0.15, -0.1) is 0 Å². The summed E-state index contributed by atoms with van der Waals surface area (Å²) in [7, 11) is 0. The van der Waals surface area contributed by atoms with E-state index in [-0.39, 0.29) is 11.8 Å². The molecule has 0 unspecified atom stereocenters. The number of β-amino-alcohol motifs (C(OH)–C–C–N with tert-alkyl or cyclic N) is 1. The number of hydrogen-bond acceptors (Lipinski definition) is 4. The maximum Gasteiger partial charge on any atom is 0.228 e. The number of nitrogens with one attached hydrogen (secondary N) is 1. The van der Waals surface area contributed by atoms with Crippen molar-refractivity contribution in [2.45, 2.75) is 25.5 Å². The number of rotatable bonds is 6. The van der Waals surface area contributed by atoms with Crippen LogP contribution in [-0.4, -0.2) is 51.4 Å². The van der Waals surface area contributed by atoms with Crippen molar-refractivity contribution in [3.63, 3.8) is 0 Å². The second-order valence-corrected chi connectivity index (χ2v) is 6.34. The summed E-state index contributed by atoms with van der Waals surface area (Å²) in [4.78, 5) is 14.6. The smallest absolute Gasteiger partial charge is 0.228 e. The van der Waals surface area contributed by atoms with Gasteiger partial charge in [0.05, 0.1) is 18.6 Å². The Morgan fingerprint density at radius 3 is 2.88 bits per heavy atom. The molecular weight excluding hydrogens is 304 g/mol. The zero-order valence-corrected chi connectivity index (χ0v) is 13.7. The van der Waals surface area contributed by atoms with Crippen LogP contribution in [0.1, 0.15) is 12.8 Å². The van der Waals surface area contributed by atoms with E-state index in [2.05, 4.69) is 15.3 Å². The first-order chi connectivity index (χ1) is 11.7. The number of amides is 1. The summed E-state index contributed by atoms with van der Waals surface area (Å²) in [6, 6.07) is 11.4. The Morgan fingerprint density at radius 2 is 2.12 bits per heavy atom. The van der Waals surface area contributed by atoms with Crippen molar-refractivity contribution in [1.29, 1.82) is 0 Å². The molecule has 6 nitrogen and oxygen atoms in total. The van der Waals surface area contributed by atoms with Crippen LogP contribution in [0.2, 0.25) is 0 Å². The van der Waals surface area contributed by atoms with Crippen LogP contribution in [0.3, 0.4) is 0 Å². The third kappa shape index (κ3) is 4.66. The van der Waals surface area contributed by atoms with Crippen molar-refractivity contribution in [3.05, 3.63) is 48.8 Å². The number of carbonyl (C=O) groups is 1. The van der Waals surface area contributed by atoms with Crippen LogP contribution in [0.4, 0.5) is 5.69 Å². The van der Waals surface area contributed by atoms with Crippen LogP contribution in [-0.2, 0) is 11.3 Å². The maximum absolute atomic E-state index is 12.4. The van der Waals surface area contributed by atoms with Gasteiger partial charge in [-0.2, -0.15) is 5.10 Å². The minimum absolute atomic E-state index is 0.0316. The fourth-order valence-electron chi connectivity index (χ4n) is 3.18. The van der Waals surface area contributed by atoms with Gasteiger partial charge in [0.15, 0.2) is 0 Å². The second kappa shape index (κ2) is 8.08. The van der Waals surface area contributed by atoms with Crippen molar-refractivity contribution >= 4 is 11.6 Å². The molecule has 2 atom stereocenters. The molecule has 6 heteroatoms. The standard InChI is InChI=1S/C18H24N4O2/c23-17(14-22-11-5-9-19-22)13-21-10-4-6-15(12-21)18(24)20-16-7-2-1-3-8-16/h1-3,5,7-9,11,15,17,23H,4,6,10,12-14H2,(H,20,24)/t15-,17-/m0/s1. The van der Waals surface area contributed by atoms with E-state index in [1.165, 1.54) is 0 Å². The Hall–Kier alpha value is -2.18. The molecule has 24 heavy (non-hydrogen) atoms. The van der Waals surface area contributed by atoms with Crippen molar-refractivity contribution in [2.24, 2.45) is 5.92 Å². The van der Waals surface area contributed by atoms with Gasteiger partial charge in [-0.05, 0) is 37.6 Å². The third-order valence-corrected chi connectivity index (χ3v) is 4.34. The summed E-state index contributed by atoms with van der Waals surface area (Å²) in [6.45, 7) is 2.65. The third-order valence-electron chi connectivity index (χ3n) is 4.34. The quantitative estimate of drug-likeness (QED) is 0.845. The van der Waals surface area contributed by atoms with Crippen molar-refractivity contribution < 1.29 is 9.90 Å². The van der Waals surface area contributed by atoms with Crippen LogP contribution in [0.5, 0.6) is 0 Å². The first kappa shape index (κ1) is 16.7. The molecule has 1 aromatic carbocycles. The minimum atomic E-state index is -0.485.